The molecule has 1 N–H and O–H groups in total. The zero-order valence-electron chi connectivity index (χ0n) is 14.6. The Morgan fingerprint density at radius 2 is 1.85 bits per heavy atom. The van der Waals surface area contributed by atoms with Gasteiger partial charge in [0.15, 0.2) is 5.01 Å². The first kappa shape index (κ1) is 17.4. The molecule has 0 unspecified atom stereocenters. The summed E-state index contributed by atoms with van der Waals surface area (Å²) in [6, 6.07) is 12.9. The molecular weight excluding hydrogens is 360 g/mol. The van der Waals surface area contributed by atoms with Gasteiger partial charge in [-0.1, -0.05) is 18.2 Å². The van der Waals surface area contributed by atoms with Gasteiger partial charge in [0, 0.05) is 42.6 Å². The molecule has 0 saturated heterocycles. The summed E-state index contributed by atoms with van der Waals surface area (Å²) in [5, 5.41) is 3.26. The van der Waals surface area contributed by atoms with Crippen LogP contribution in [0.3, 0.4) is 0 Å². The lowest BCUT2D eigenvalue weighted by atomic mass is 10.2. The Kier molecular flexibility index (Phi) is 4.93. The van der Waals surface area contributed by atoms with Gasteiger partial charge in [-0.25, -0.2) is 4.98 Å². The van der Waals surface area contributed by atoms with Crippen molar-refractivity contribution in [2.45, 2.75) is 12.8 Å². The first-order valence-electron chi connectivity index (χ1n) is 8.75. The zero-order chi connectivity index (χ0) is 18.6. The summed E-state index contributed by atoms with van der Waals surface area (Å²) < 4.78 is 0. The molecule has 0 aliphatic carbocycles. The molecule has 0 radical (unpaired) electrons. The maximum absolute atomic E-state index is 12.6. The van der Waals surface area contributed by atoms with Gasteiger partial charge >= 0.3 is 0 Å². The van der Waals surface area contributed by atoms with Crippen molar-refractivity contribution in [3.8, 4) is 0 Å². The van der Waals surface area contributed by atoms with Crippen LogP contribution in [0.25, 0.3) is 0 Å². The van der Waals surface area contributed by atoms with Crippen LogP contribution in [0, 0.1) is 0 Å². The maximum Gasteiger partial charge on any atom is 0.284 e. The molecule has 0 spiro atoms. The fourth-order valence-corrected chi connectivity index (χ4v) is 4.04. The minimum Gasteiger partial charge on any atom is -0.338 e. The van der Waals surface area contributed by atoms with E-state index in [0.717, 1.165) is 10.6 Å². The minimum atomic E-state index is -0.224. The van der Waals surface area contributed by atoms with Gasteiger partial charge in [0.05, 0.1) is 17.6 Å². The number of rotatable bonds is 3. The number of aromatic nitrogens is 2. The SMILES string of the molecule is O=C(Nc1cccnc1)c1nc2c(s1)CCN(C(=O)c1ccccc1)CC2. The number of nitrogens with zero attached hydrogens (tertiary/aromatic N) is 3. The standard InChI is InChI=1S/C20H18N4O2S/c25-18(22-15-7-4-10-21-13-15)19-23-16-8-11-24(12-9-17(16)27-19)20(26)14-5-2-1-3-6-14/h1-7,10,13H,8-9,11-12H2,(H,22,25). The van der Waals surface area contributed by atoms with Crippen LogP contribution in [0.4, 0.5) is 5.69 Å². The lowest BCUT2D eigenvalue weighted by molar-refractivity contribution is 0.0762. The predicted octanol–water partition coefficient (Wildman–Crippen LogP) is 3.03. The summed E-state index contributed by atoms with van der Waals surface area (Å²) in [6.45, 7) is 1.24. The molecule has 1 aliphatic heterocycles. The molecular formula is C20H18N4O2S. The summed E-state index contributed by atoms with van der Waals surface area (Å²) in [5.74, 6) is -0.182. The van der Waals surface area contributed by atoms with Crippen molar-refractivity contribution in [1.29, 1.82) is 0 Å². The van der Waals surface area contributed by atoms with Crippen LogP contribution >= 0.6 is 11.3 Å². The zero-order valence-corrected chi connectivity index (χ0v) is 15.4. The number of thiazole rings is 1. The highest BCUT2D eigenvalue weighted by Gasteiger charge is 2.24. The monoisotopic (exact) mass is 378 g/mol. The lowest BCUT2D eigenvalue weighted by Crippen LogP contribution is -2.33. The highest BCUT2D eigenvalue weighted by Crippen LogP contribution is 2.24. The fourth-order valence-electron chi connectivity index (χ4n) is 3.05. The van der Waals surface area contributed by atoms with Gasteiger partial charge in [0.25, 0.3) is 11.8 Å². The number of anilines is 1. The molecule has 7 heteroatoms. The normalized spacial score (nSPS) is 13.6. The van der Waals surface area contributed by atoms with Crippen LogP contribution in [-0.2, 0) is 12.8 Å². The van der Waals surface area contributed by atoms with Crippen molar-refractivity contribution in [3.05, 3.63) is 76.0 Å². The molecule has 2 aromatic heterocycles. The Balaban J connectivity index is 1.44. The van der Waals surface area contributed by atoms with Gasteiger partial charge in [-0.2, -0.15) is 0 Å². The average molecular weight is 378 g/mol. The smallest absolute Gasteiger partial charge is 0.284 e. The molecule has 27 heavy (non-hydrogen) atoms. The van der Waals surface area contributed by atoms with E-state index in [2.05, 4.69) is 15.3 Å². The molecule has 3 aromatic rings. The van der Waals surface area contributed by atoms with Crippen LogP contribution in [-0.4, -0.2) is 39.8 Å². The fraction of sp³-hybridized carbons (Fsp3) is 0.200. The number of pyridine rings is 1. The second-order valence-corrected chi connectivity index (χ2v) is 7.33. The number of benzene rings is 1. The topological polar surface area (TPSA) is 75.2 Å². The Bertz CT molecular complexity index is 931. The van der Waals surface area contributed by atoms with E-state index in [-0.39, 0.29) is 11.8 Å². The van der Waals surface area contributed by atoms with Crippen molar-refractivity contribution < 1.29 is 9.59 Å². The molecule has 1 aromatic carbocycles. The van der Waals surface area contributed by atoms with Gasteiger partial charge in [0.1, 0.15) is 0 Å². The van der Waals surface area contributed by atoms with Crippen LogP contribution in [0.5, 0.6) is 0 Å². The quantitative estimate of drug-likeness (QED) is 0.760. The molecule has 0 atom stereocenters. The van der Waals surface area contributed by atoms with E-state index in [1.807, 2.05) is 35.2 Å². The molecule has 0 fully saturated rings. The Hall–Kier alpha value is -3.06. The van der Waals surface area contributed by atoms with Crippen LogP contribution in [0.15, 0.2) is 54.9 Å². The number of carbonyl (C=O) groups excluding carboxylic acids is 2. The molecule has 6 nitrogen and oxygen atoms in total. The third-order valence-corrected chi connectivity index (χ3v) is 5.58. The van der Waals surface area contributed by atoms with Crippen molar-refractivity contribution in [2.24, 2.45) is 0 Å². The van der Waals surface area contributed by atoms with Crippen molar-refractivity contribution in [1.82, 2.24) is 14.9 Å². The van der Waals surface area contributed by atoms with E-state index in [1.165, 1.54) is 11.3 Å². The maximum atomic E-state index is 12.6. The van der Waals surface area contributed by atoms with E-state index < -0.39 is 0 Å². The largest absolute Gasteiger partial charge is 0.338 e. The number of amides is 2. The predicted molar refractivity (Wildman–Crippen MR) is 104 cm³/mol. The minimum absolute atomic E-state index is 0.0419. The number of hydrogen-bond acceptors (Lipinski definition) is 5. The number of hydrogen-bond donors (Lipinski definition) is 1. The van der Waals surface area contributed by atoms with Gasteiger partial charge in [-0.15, -0.1) is 11.3 Å². The van der Waals surface area contributed by atoms with Gasteiger partial charge < -0.3 is 10.2 Å². The van der Waals surface area contributed by atoms with Gasteiger partial charge in [0.2, 0.25) is 0 Å². The summed E-state index contributed by atoms with van der Waals surface area (Å²) in [4.78, 5) is 36.5. The summed E-state index contributed by atoms with van der Waals surface area (Å²) in [7, 11) is 0. The Labute approximate surface area is 160 Å². The average Bonchev–Trinajstić information content (AvgIpc) is 3.02. The second-order valence-electron chi connectivity index (χ2n) is 6.24. The molecule has 4 rings (SSSR count). The first-order chi connectivity index (χ1) is 13.2. The van der Waals surface area contributed by atoms with E-state index in [4.69, 9.17) is 0 Å². The van der Waals surface area contributed by atoms with Crippen molar-refractivity contribution >= 4 is 28.8 Å². The molecule has 0 bridgehead atoms. The van der Waals surface area contributed by atoms with Gasteiger partial charge in [-0.3, -0.25) is 14.6 Å². The van der Waals surface area contributed by atoms with E-state index in [9.17, 15) is 9.59 Å². The van der Waals surface area contributed by atoms with Crippen LogP contribution in [0.2, 0.25) is 0 Å². The summed E-state index contributed by atoms with van der Waals surface area (Å²) in [6.07, 6.45) is 4.63. The van der Waals surface area contributed by atoms with Crippen molar-refractivity contribution in [2.75, 3.05) is 18.4 Å². The van der Waals surface area contributed by atoms with E-state index >= 15 is 0 Å². The molecule has 0 saturated carbocycles. The summed E-state index contributed by atoms with van der Waals surface area (Å²) >= 11 is 1.40. The van der Waals surface area contributed by atoms with Gasteiger partial charge in [-0.05, 0) is 24.3 Å². The third-order valence-electron chi connectivity index (χ3n) is 4.43. The lowest BCUT2D eigenvalue weighted by Gasteiger charge is -2.20. The van der Waals surface area contributed by atoms with E-state index in [0.29, 0.717) is 42.2 Å². The molecule has 2 amide bonds. The van der Waals surface area contributed by atoms with Crippen LogP contribution in [0.1, 0.15) is 30.7 Å². The number of carbonyl (C=O) groups is 2. The first-order valence-corrected chi connectivity index (χ1v) is 9.56. The highest BCUT2D eigenvalue weighted by molar-refractivity contribution is 7.13. The van der Waals surface area contributed by atoms with Crippen molar-refractivity contribution in [3.63, 3.8) is 0 Å². The molecule has 136 valence electrons. The Morgan fingerprint density at radius 1 is 1.04 bits per heavy atom. The van der Waals surface area contributed by atoms with Crippen LogP contribution < -0.4 is 5.32 Å². The molecule has 1 aliphatic rings. The number of nitrogens with one attached hydrogen (secondary N) is 1. The third kappa shape index (κ3) is 3.88. The Morgan fingerprint density at radius 3 is 2.63 bits per heavy atom. The van der Waals surface area contributed by atoms with E-state index in [1.54, 1.807) is 24.5 Å². The molecule has 3 heterocycles. The second kappa shape index (κ2) is 7.67. The number of fused-ring (bicyclic) bond motifs is 1. The highest BCUT2D eigenvalue weighted by atomic mass is 32.1. The summed E-state index contributed by atoms with van der Waals surface area (Å²) in [5.41, 5.74) is 2.26.